The largest absolute Gasteiger partial charge is 0.494 e. The van der Waals surface area contributed by atoms with E-state index in [-0.39, 0.29) is 5.56 Å². The van der Waals surface area contributed by atoms with Crippen LogP contribution in [0.4, 0.5) is 0 Å². The Morgan fingerprint density at radius 2 is 2.05 bits per heavy atom. The van der Waals surface area contributed by atoms with E-state index in [1.54, 1.807) is 17.8 Å². The third-order valence-corrected chi connectivity index (χ3v) is 3.86. The SMILES string of the molecule is CCOc1ccc(-c2cc3nc(CSC)cc(=O)n3[nH]2)cc1. The summed E-state index contributed by atoms with van der Waals surface area (Å²) in [6.07, 6.45) is 1.99. The minimum Gasteiger partial charge on any atom is -0.494 e. The lowest BCUT2D eigenvalue weighted by atomic mass is 10.1. The van der Waals surface area contributed by atoms with E-state index >= 15 is 0 Å². The van der Waals surface area contributed by atoms with Crippen LogP contribution in [0.3, 0.4) is 0 Å². The van der Waals surface area contributed by atoms with Gasteiger partial charge in [-0.3, -0.25) is 9.89 Å². The molecule has 3 aromatic rings. The van der Waals surface area contributed by atoms with Crippen molar-refractivity contribution in [1.29, 1.82) is 0 Å². The number of hydrogen-bond acceptors (Lipinski definition) is 4. The van der Waals surface area contributed by atoms with Crippen LogP contribution >= 0.6 is 11.8 Å². The maximum Gasteiger partial charge on any atom is 0.272 e. The number of thioether (sulfide) groups is 1. The average Bonchev–Trinajstić information content (AvgIpc) is 2.93. The molecule has 0 aliphatic rings. The third-order valence-electron chi connectivity index (χ3n) is 3.27. The Balaban J connectivity index is 2.00. The van der Waals surface area contributed by atoms with Gasteiger partial charge in [-0.05, 0) is 43.0 Å². The Kier molecular flexibility index (Phi) is 4.20. The lowest BCUT2D eigenvalue weighted by molar-refractivity contribution is 0.340. The molecule has 0 spiro atoms. The molecular formula is C16H17N3O2S. The van der Waals surface area contributed by atoms with E-state index in [0.29, 0.717) is 12.3 Å². The lowest BCUT2D eigenvalue weighted by Gasteiger charge is -2.03. The van der Waals surface area contributed by atoms with Gasteiger partial charge in [0.2, 0.25) is 0 Å². The summed E-state index contributed by atoms with van der Waals surface area (Å²) in [6, 6.07) is 11.2. The van der Waals surface area contributed by atoms with Crippen LogP contribution in [0.15, 0.2) is 41.2 Å². The van der Waals surface area contributed by atoms with E-state index in [9.17, 15) is 4.79 Å². The fourth-order valence-corrected chi connectivity index (χ4v) is 2.75. The quantitative estimate of drug-likeness (QED) is 0.786. The summed E-state index contributed by atoms with van der Waals surface area (Å²) in [7, 11) is 0. The van der Waals surface area contributed by atoms with Gasteiger partial charge in [-0.1, -0.05) is 0 Å². The standard InChI is InChI=1S/C16H17N3O2S/c1-3-21-13-6-4-11(5-7-13)14-9-15-17-12(10-22-2)8-16(20)19(15)18-14/h4-9,18H,3,10H2,1-2H3. The van der Waals surface area contributed by atoms with Gasteiger partial charge in [-0.2, -0.15) is 11.8 Å². The summed E-state index contributed by atoms with van der Waals surface area (Å²) in [6.45, 7) is 2.60. The highest BCUT2D eigenvalue weighted by atomic mass is 32.2. The third kappa shape index (κ3) is 2.87. The molecule has 114 valence electrons. The summed E-state index contributed by atoms with van der Waals surface area (Å²) >= 11 is 1.65. The molecule has 0 bridgehead atoms. The molecule has 0 amide bonds. The predicted octanol–water partition coefficient (Wildman–Crippen LogP) is 2.95. The Morgan fingerprint density at radius 3 is 2.73 bits per heavy atom. The van der Waals surface area contributed by atoms with E-state index in [2.05, 4.69) is 10.1 Å². The van der Waals surface area contributed by atoms with Crippen molar-refractivity contribution in [1.82, 2.24) is 14.6 Å². The van der Waals surface area contributed by atoms with Crippen molar-refractivity contribution < 1.29 is 4.74 Å². The van der Waals surface area contributed by atoms with E-state index in [0.717, 1.165) is 28.5 Å². The van der Waals surface area contributed by atoms with Crippen LogP contribution in [-0.2, 0) is 5.75 Å². The molecule has 1 aromatic carbocycles. The molecule has 0 atom stereocenters. The number of hydrogen-bond donors (Lipinski definition) is 1. The summed E-state index contributed by atoms with van der Waals surface area (Å²) in [4.78, 5) is 16.6. The molecule has 0 aliphatic carbocycles. The number of nitrogens with one attached hydrogen (secondary N) is 1. The molecule has 6 heteroatoms. The second kappa shape index (κ2) is 6.27. The highest BCUT2D eigenvalue weighted by Crippen LogP contribution is 2.22. The summed E-state index contributed by atoms with van der Waals surface area (Å²) in [5.74, 6) is 1.56. The number of aromatic nitrogens is 3. The minimum absolute atomic E-state index is 0.0914. The number of H-pyrrole nitrogens is 1. The number of rotatable bonds is 5. The molecule has 0 radical (unpaired) electrons. The van der Waals surface area contributed by atoms with Gasteiger partial charge in [-0.15, -0.1) is 0 Å². The van der Waals surface area contributed by atoms with Crippen molar-refractivity contribution >= 4 is 17.4 Å². The van der Waals surface area contributed by atoms with Crippen molar-refractivity contribution in [2.45, 2.75) is 12.7 Å². The van der Waals surface area contributed by atoms with E-state index in [1.807, 2.05) is 43.5 Å². The first kappa shape index (κ1) is 14.7. The molecule has 3 rings (SSSR count). The number of fused-ring (bicyclic) bond motifs is 1. The molecular weight excluding hydrogens is 298 g/mol. The fourth-order valence-electron chi connectivity index (χ4n) is 2.31. The number of benzene rings is 1. The number of nitrogens with zero attached hydrogens (tertiary/aromatic N) is 2. The van der Waals surface area contributed by atoms with Crippen LogP contribution in [0.5, 0.6) is 5.75 Å². The first-order chi connectivity index (χ1) is 10.7. The topological polar surface area (TPSA) is 59.4 Å². The Bertz CT molecular complexity index is 837. The first-order valence-electron chi connectivity index (χ1n) is 7.05. The molecule has 22 heavy (non-hydrogen) atoms. The van der Waals surface area contributed by atoms with Crippen molar-refractivity contribution in [3.8, 4) is 17.0 Å². The second-order valence-electron chi connectivity index (χ2n) is 4.84. The first-order valence-corrected chi connectivity index (χ1v) is 8.44. The van der Waals surface area contributed by atoms with Gasteiger partial charge >= 0.3 is 0 Å². The van der Waals surface area contributed by atoms with E-state index in [1.165, 1.54) is 4.52 Å². The molecule has 0 saturated heterocycles. The molecule has 0 unspecified atom stereocenters. The van der Waals surface area contributed by atoms with Crippen LogP contribution in [0.25, 0.3) is 16.9 Å². The van der Waals surface area contributed by atoms with Gasteiger partial charge in [0.15, 0.2) is 5.65 Å². The zero-order valence-electron chi connectivity index (χ0n) is 12.5. The van der Waals surface area contributed by atoms with Gasteiger partial charge in [0.05, 0.1) is 18.0 Å². The van der Waals surface area contributed by atoms with Crippen molar-refractivity contribution in [2.24, 2.45) is 0 Å². The Labute approximate surface area is 132 Å². The maximum atomic E-state index is 12.1. The monoisotopic (exact) mass is 315 g/mol. The molecule has 0 aliphatic heterocycles. The zero-order valence-corrected chi connectivity index (χ0v) is 13.3. The van der Waals surface area contributed by atoms with Crippen LogP contribution in [0, 0.1) is 0 Å². The van der Waals surface area contributed by atoms with Crippen LogP contribution in [-0.4, -0.2) is 27.5 Å². The molecule has 0 saturated carbocycles. The van der Waals surface area contributed by atoms with Gasteiger partial charge < -0.3 is 4.74 Å². The van der Waals surface area contributed by atoms with Gasteiger partial charge in [-0.25, -0.2) is 9.50 Å². The van der Waals surface area contributed by atoms with Gasteiger partial charge in [0.25, 0.3) is 5.56 Å². The number of ether oxygens (including phenoxy) is 1. The highest BCUT2D eigenvalue weighted by molar-refractivity contribution is 7.97. The van der Waals surface area contributed by atoms with Crippen molar-refractivity contribution in [3.63, 3.8) is 0 Å². The second-order valence-corrected chi connectivity index (χ2v) is 5.71. The van der Waals surface area contributed by atoms with Crippen LogP contribution in [0.1, 0.15) is 12.6 Å². The summed E-state index contributed by atoms with van der Waals surface area (Å²) < 4.78 is 6.91. The van der Waals surface area contributed by atoms with Crippen molar-refractivity contribution in [3.05, 3.63) is 52.4 Å². The van der Waals surface area contributed by atoms with Crippen LogP contribution in [0.2, 0.25) is 0 Å². The molecule has 2 heterocycles. The van der Waals surface area contributed by atoms with Gasteiger partial charge in [0.1, 0.15) is 5.75 Å². The normalized spacial score (nSPS) is 11.0. The minimum atomic E-state index is -0.0914. The van der Waals surface area contributed by atoms with E-state index in [4.69, 9.17) is 4.74 Å². The Morgan fingerprint density at radius 1 is 1.27 bits per heavy atom. The molecule has 2 aromatic heterocycles. The number of aromatic amines is 1. The molecule has 5 nitrogen and oxygen atoms in total. The fraction of sp³-hybridized carbons (Fsp3) is 0.250. The summed E-state index contributed by atoms with van der Waals surface area (Å²) in [5.41, 5.74) is 3.19. The zero-order chi connectivity index (χ0) is 15.5. The highest BCUT2D eigenvalue weighted by Gasteiger charge is 2.08. The summed E-state index contributed by atoms with van der Waals surface area (Å²) in [5, 5.41) is 3.09. The van der Waals surface area contributed by atoms with E-state index < -0.39 is 0 Å². The maximum absolute atomic E-state index is 12.1. The molecule has 1 N–H and O–H groups in total. The van der Waals surface area contributed by atoms with Crippen molar-refractivity contribution in [2.75, 3.05) is 12.9 Å². The molecule has 0 fully saturated rings. The van der Waals surface area contributed by atoms with Crippen LogP contribution < -0.4 is 10.3 Å². The lowest BCUT2D eigenvalue weighted by Crippen LogP contribution is -2.15. The smallest absolute Gasteiger partial charge is 0.272 e. The van der Waals surface area contributed by atoms with Gasteiger partial charge in [0, 0.05) is 17.9 Å². The predicted molar refractivity (Wildman–Crippen MR) is 89.6 cm³/mol. The average molecular weight is 315 g/mol. The Hall–Kier alpha value is -2.21.